The molecule has 1 aliphatic rings. The Morgan fingerprint density at radius 1 is 1.19 bits per heavy atom. The number of hydrogen-bond donors (Lipinski definition) is 3. The van der Waals surface area contributed by atoms with E-state index in [4.69, 9.17) is 4.74 Å². The zero-order valence-electron chi connectivity index (χ0n) is 12.9. The number of hydrogen-bond acceptors (Lipinski definition) is 4. The summed E-state index contributed by atoms with van der Waals surface area (Å²) in [7, 11) is 0. The Balaban J connectivity index is 1.88. The van der Waals surface area contributed by atoms with Gasteiger partial charge in [-0.1, -0.05) is 19.3 Å². The number of ether oxygens (including phenoxy) is 1. The predicted octanol–water partition coefficient (Wildman–Crippen LogP) is 3.18. The van der Waals surface area contributed by atoms with Crippen LogP contribution >= 0.6 is 0 Å². The minimum atomic E-state index is -0.212. The van der Waals surface area contributed by atoms with Gasteiger partial charge in [-0.05, 0) is 44.2 Å². The molecule has 21 heavy (non-hydrogen) atoms. The van der Waals surface area contributed by atoms with Gasteiger partial charge in [-0.3, -0.25) is 0 Å². The van der Waals surface area contributed by atoms with Gasteiger partial charge in [0.05, 0.1) is 18.8 Å². The van der Waals surface area contributed by atoms with E-state index in [1.54, 1.807) is 0 Å². The summed E-state index contributed by atoms with van der Waals surface area (Å²) in [6, 6.07) is 1.40. The molecule has 4 nitrogen and oxygen atoms in total. The Labute approximate surface area is 126 Å². The number of aromatic hydroxyl groups is 2. The third-order valence-electron chi connectivity index (χ3n) is 4.33. The molecule has 1 heterocycles. The maximum absolute atomic E-state index is 9.88. The third-order valence-corrected chi connectivity index (χ3v) is 4.33. The van der Waals surface area contributed by atoms with Crippen LogP contribution in [-0.4, -0.2) is 27.5 Å². The van der Waals surface area contributed by atoms with E-state index >= 15 is 0 Å². The number of rotatable bonds is 6. The van der Waals surface area contributed by atoms with Crippen LogP contribution in [0, 0.1) is 6.92 Å². The van der Waals surface area contributed by atoms with Crippen LogP contribution < -0.4 is 0 Å². The quantitative estimate of drug-likeness (QED) is 0.705. The SMILES string of the molecule is Cc1c(O)cc(O)c2c1CC(CCCCCC(C)O)OC2. The lowest BCUT2D eigenvalue weighted by molar-refractivity contribution is 0.0201. The van der Waals surface area contributed by atoms with Crippen LogP contribution in [0.5, 0.6) is 11.5 Å². The van der Waals surface area contributed by atoms with E-state index in [2.05, 4.69) is 0 Å². The Morgan fingerprint density at radius 2 is 1.95 bits per heavy atom. The first-order chi connectivity index (χ1) is 9.99. The Hall–Kier alpha value is -1.26. The standard InChI is InChI=1S/C17H26O4/c1-11(18)6-4-3-5-7-13-8-14-12(2)16(19)9-17(20)15(14)10-21-13/h9,11,13,18-20H,3-8,10H2,1-2H3. The van der Waals surface area contributed by atoms with Gasteiger partial charge in [0.2, 0.25) is 0 Å². The summed E-state index contributed by atoms with van der Waals surface area (Å²) < 4.78 is 5.82. The number of phenols is 2. The second-order valence-corrected chi connectivity index (χ2v) is 6.12. The van der Waals surface area contributed by atoms with Crippen molar-refractivity contribution in [2.45, 2.75) is 71.2 Å². The lowest BCUT2D eigenvalue weighted by Crippen LogP contribution is -2.23. The maximum Gasteiger partial charge on any atom is 0.125 e. The zero-order chi connectivity index (χ0) is 15.4. The summed E-state index contributed by atoms with van der Waals surface area (Å²) in [6.45, 7) is 4.13. The minimum absolute atomic E-state index is 0.128. The molecule has 2 atom stereocenters. The van der Waals surface area contributed by atoms with Crippen molar-refractivity contribution in [2.24, 2.45) is 0 Å². The summed E-state index contributed by atoms with van der Waals surface area (Å²) in [5, 5.41) is 28.9. The largest absolute Gasteiger partial charge is 0.508 e. The second-order valence-electron chi connectivity index (χ2n) is 6.12. The van der Waals surface area contributed by atoms with Gasteiger partial charge in [-0.15, -0.1) is 0 Å². The van der Waals surface area contributed by atoms with Gasteiger partial charge in [-0.25, -0.2) is 0 Å². The van der Waals surface area contributed by atoms with Crippen LogP contribution in [0.15, 0.2) is 6.07 Å². The third kappa shape index (κ3) is 4.11. The van der Waals surface area contributed by atoms with E-state index in [0.29, 0.717) is 6.61 Å². The van der Waals surface area contributed by atoms with Gasteiger partial charge in [0.25, 0.3) is 0 Å². The van der Waals surface area contributed by atoms with Gasteiger partial charge in [0.1, 0.15) is 11.5 Å². The molecule has 2 unspecified atom stereocenters. The fraction of sp³-hybridized carbons (Fsp3) is 0.647. The lowest BCUT2D eigenvalue weighted by atomic mass is 9.91. The van der Waals surface area contributed by atoms with E-state index in [-0.39, 0.29) is 23.7 Å². The molecule has 0 saturated heterocycles. The van der Waals surface area contributed by atoms with E-state index in [1.807, 2.05) is 13.8 Å². The topological polar surface area (TPSA) is 69.9 Å². The number of fused-ring (bicyclic) bond motifs is 1. The molecular weight excluding hydrogens is 268 g/mol. The highest BCUT2D eigenvalue weighted by Crippen LogP contribution is 2.36. The van der Waals surface area contributed by atoms with Crippen LogP contribution in [-0.2, 0) is 17.8 Å². The first kappa shape index (κ1) is 16.1. The molecule has 1 aromatic rings. The molecule has 0 spiro atoms. The Morgan fingerprint density at radius 3 is 2.67 bits per heavy atom. The highest BCUT2D eigenvalue weighted by atomic mass is 16.5. The summed E-state index contributed by atoms with van der Waals surface area (Å²) in [4.78, 5) is 0. The summed E-state index contributed by atoms with van der Waals surface area (Å²) in [6.07, 6.45) is 5.75. The first-order valence-corrected chi connectivity index (χ1v) is 7.82. The first-order valence-electron chi connectivity index (χ1n) is 7.82. The number of aliphatic hydroxyl groups is 1. The van der Waals surface area contributed by atoms with Crippen molar-refractivity contribution in [1.29, 1.82) is 0 Å². The van der Waals surface area contributed by atoms with E-state index in [9.17, 15) is 15.3 Å². The minimum Gasteiger partial charge on any atom is -0.508 e. The smallest absolute Gasteiger partial charge is 0.125 e. The highest BCUT2D eigenvalue weighted by Gasteiger charge is 2.24. The Kier molecular flexibility index (Phi) is 5.48. The molecule has 0 amide bonds. The van der Waals surface area contributed by atoms with E-state index in [1.165, 1.54) is 6.07 Å². The number of benzene rings is 1. The molecule has 0 radical (unpaired) electrons. The molecule has 0 bridgehead atoms. The predicted molar refractivity (Wildman–Crippen MR) is 81.6 cm³/mol. The molecule has 0 fully saturated rings. The molecule has 2 rings (SSSR count). The molecular formula is C17H26O4. The van der Waals surface area contributed by atoms with E-state index in [0.717, 1.165) is 55.2 Å². The van der Waals surface area contributed by atoms with Crippen molar-refractivity contribution < 1.29 is 20.1 Å². The average Bonchev–Trinajstić information content (AvgIpc) is 2.44. The molecule has 4 heteroatoms. The van der Waals surface area contributed by atoms with Gasteiger partial charge >= 0.3 is 0 Å². The van der Waals surface area contributed by atoms with Crippen molar-refractivity contribution in [2.75, 3.05) is 0 Å². The van der Waals surface area contributed by atoms with Crippen molar-refractivity contribution in [3.8, 4) is 11.5 Å². The monoisotopic (exact) mass is 294 g/mol. The molecule has 118 valence electrons. The molecule has 0 aliphatic carbocycles. The fourth-order valence-corrected chi connectivity index (χ4v) is 2.96. The van der Waals surface area contributed by atoms with Crippen LogP contribution in [0.4, 0.5) is 0 Å². The van der Waals surface area contributed by atoms with Crippen molar-refractivity contribution >= 4 is 0 Å². The summed E-state index contributed by atoms with van der Waals surface area (Å²) in [5.74, 6) is 0.285. The van der Waals surface area contributed by atoms with Gasteiger partial charge in [0, 0.05) is 11.6 Å². The second kappa shape index (κ2) is 7.14. The van der Waals surface area contributed by atoms with Gasteiger partial charge in [0.15, 0.2) is 0 Å². The molecule has 1 aromatic carbocycles. The van der Waals surface area contributed by atoms with Crippen molar-refractivity contribution in [3.63, 3.8) is 0 Å². The lowest BCUT2D eigenvalue weighted by Gasteiger charge is -2.27. The highest BCUT2D eigenvalue weighted by molar-refractivity contribution is 5.51. The zero-order valence-corrected chi connectivity index (χ0v) is 12.9. The normalized spacial score (nSPS) is 19.3. The Bertz CT molecular complexity index is 482. The summed E-state index contributed by atoms with van der Waals surface area (Å²) in [5.41, 5.74) is 2.70. The van der Waals surface area contributed by atoms with E-state index < -0.39 is 0 Å². The van der Waals surface area contributed by atoms with Gasteiger partial charge in [-0.2, -0.15) is 0 Å². The average molecular weight is 294 g/mol. The molecule has 1 aliphatic heterocycles. The van der Waals surface area contributed by atoms with Crippen molar-refractivity contribution in [3.05, 3.63) is 22.8 Å². The van der Waals surface area contributed by atoms with Crippen LogP contribution in [0.1, 0.15) is 55.7 Å². The maximum atomic E-state index is 9.88. The molecule has 0 saturated carbocycles. The number of phenolic OH excluding ortho intramolecular Hbond substituents is 2. The van der Waals surface area contributed by atoms with Crippen LogP contribution in [0.3, 0.4) is 0 Å². The summed E-state index contributed by atoms with van der Waals surface area (Å²) >= 11 is 0. The number of aliphatic hydroxyl groups excluding tert-OH is 1. The van der Waals surface area contributed by atoms with Crippen molar-refractivity contribution in [1.82, 2.24) is 0 Å². The van der Waals surface area contributed by atoms with Gasteiger partial charge < -0.3 is 20.1 Å². The van der Waals surface area contributed by atoms with Crippen LogP contribution in [0.2, 0.25) is 0 Å². The molecule has 0 aromatic heterocycles. The fourth-order valence-electron chi connectivity index (χ4n) is 2.96. The molecule has 3 N–H and O–H groups in total. The van der Waals surface area contributed by atoms with Crippen LogP contribution in [0.25, 0.3) is 0 Å². The number of unbranched alkanes of at least 4 members (excludes halogenated alkanes) is 2.